The van der Waals surface area contributed by atoms with Gasteiger partial charge in [0.05, 0.1) is 9.77 Å². The molecule has 0 aliphatic rings. The Balaban J connectivity index is 2.17. The minimum Gasteiger partial charge on any atom is -0.330 e. The smallest absolute Gasteiger partial charge is 0.0623 e. The highest BCUT2D eigenvalue weighted by molar-refractivity contribution is 14.1. The fourth-order valence-electron chi connectivity index (χ4n) is 1.44. The van der Waals surface area contributed by atoms with Crippen molar-refractivity contribution in [3.8, 4) is 0 Å². The summed E-state index contributed by atoms with van der Waals surface area (Å²) in [5, 5.41) is 4.25. The molecule has 4 heteroatoms. The quantitative estimate of drug-likeness (QED) is 0.647. The first-order valence-electron chi connectivity index (χ1n) is 5.41. The van der Waals surface area contributed by atoms with Crippen molar-refractivity contribution in [2.24, 2.45) is 11.1 Å². The summed E-state index contributed by atoms with van der Waals surface area (Å²) < 4.78 is 3.21. The number of nitrogens with zero attached hydrogens (tertiary/aromatic N) is 2. The molecule has 0 saturated carbocycles. The molecule has 1 heterocycles. The minimum absolute atomic E-state index is 0.290. The second kappa shape index (κ2) is 5.84. The molecule has 3 nitrogen and oxygen atoms in total. The number of aryl methyl sites for hydroxylation is 1. The molecular formula is C11H20IN3. The lowest BCUT2D eigenvalue weighted by Crippen LogP contribution is -2.23. The third-order valence-corrected chi connectivity index (χ3v) is 3.20. The van der Waals surface area contributed by atoms with Gasteiger partial charge in [-0.05, 0) is 47.4 Å². The Morgan fingerprint density at radius 2 is 2.20 bits per heavy atom. The molecule has 15 heavy (non-hydrogen) atoms. The zero-order valence-corrected chi connectivity index (χ0v) is 11.7. The van der Waals surface area contributed by atoms with E-state index in [1.54, 1.807) is 0 Å². The van der Waals surface area contributed by atoms with Crippen LogP contribution in [0.1, 0.15) is 33.1 Å². The SMILES string of the molecule is CC(C)(CN)CCCCn1cc(I)cn1. The van der Waals surface area contributed by atoms with Gasteiger partial charge in [-0.3, -0.25) is 4.68 Å². The largest absolute Gasteiger partial charge is 0.330 e. The van der Waals surface area contributed by atoms with Crippen LogP contribution in [0.15, 0.2) is 12.4 Å². The highest BCUT2D eigenvalue weighted by Gasteiger charge is 2.14. The van der Waals surface area contributed by atoms with Crippen LogP contribution in [0.3, 0.4) is 0 Å². The van der Waals surface area contributed by atoms with Gasteiger partial charge in [-0.2, -0.15) is 5.10 Å². The molecule has 0 bridgehead atoms. The molecule has 0 aliphatic carbocycles. The molecule has 0 spiro atoms. The van der Waals surface area contributed by atoms with Crippen LogP contribution < -0.4 is 5.73 Å². The molecule has 1 rings (SSSR count). The molecule has 1 aromatic rings. The Hall–Kier alpha value is -0.100. The molecular weight excluding hydrogens is 301 g/mol. The van der Waals surface area contributed by atoms with Crippen LogP contribution in [0.2, 0.25) is 0 Å². The van der Waals surface area contributed by atoms with Gasteiger partial charge in [-0.25, -0.2) is 0 Å². The van der Waals surface area contributed by atoms with E-state index in [9.17, 15) is 0 Å². The molecule has 2 N–H and O–H groups in total. The van der Waals surface area contributed by atoms with E-state index in [4.69, 9.17) is 5.73 Å². The lowest BCUT2D eigenvalue weighted by Gasteiger charge is -2.21. The van der Waals surface area contributed by atoms with Crippen molar-refractivity contribution in [2.45, 2.75) is 39.7 Å². The zero-order valence-electron chi connectivity index (χ0n) is 9.54. The number of rotatable bonds is 6. The van der Waals surface area contributed by atoms with Gasteiger partial charge in [0, 0.05) is 12.7 Å². The molecule has 0 saturated heterocycles. The van der Waals surface area contributed by atoms with Crippen LogP contribution in [0.25, 0.3) is 0 Å². The summed E-state index contributed by atoms with van der Waals surface area (Å²) in [6.45, 7) is 6.24. The molecule has 0 amide bonds. The highest BCUT2D eigenvalue weighted by atomic mass is 127. The number of unbranched alkanes of at least 4 members (excludes halogenated alkanes) is 1. The van der Waals surface area contributed by atoms with Crippen LogP contribution in [0.5, 0.6) is 0 Å². The first-order chi connectivity index (χ1) is 7.03. The van der Waals surface area contributed by atoms with Crippen molar-refractivity contribution in [3.63, 3.8) is 0 Å². The van der Waals surface area contributed by atoms with Gasteiger partial charge in [0.15, 0.2) is 0 Å². The van der Waals surface area contributed by atoms with E-state index in [0.717, 1.165) is 13.1 Å². The summed E-state index contributed by atoms with van der Waals surface area (Å²) in [4.78, 5) is 0. The number of aromatic nitrogens is 2. The molecule has 0 atom stereocenters. The molecule has 86 valence electrons. The fourth-order valence-corrected chi connectivity index (χ4v) is 1.89. The molecule has 0 aromatic carbocycles. The second-order valence-corrected chi connectivity index (χ2v) is 5.99. The van der Waals surface area contributed by atoms with Gasteiger partial charge in [0.2, 0.25) is 0 Å². The fraction of sp³-hybridized carbons (Fsp3) is 0.727. The monoisotopic (exact) mass is 321 g/mol. The topological polar surface area (TPSA) is 43.8 Å². The van der Waals surface area contributed by atoms with E-state index in [1.807, 2.05) is 10.9 Å². The Labute approximate surface area is 106 Å². The maximum atomic E-state index is 5.68. The van der Waals surface area contributed by atoms with Crippen molar-refractivity contribution in [1.29, 1.82) is 0 Å². The van der Waals surface area contributed by atoms with Crippen LogP contribution in [-0.4, -0.2) is 16.3 Å². The normalized spacial score (nSPS) is 12.0. The Morgan fingerprint density at radius 3 is 2.73 bits per heavy atom. The van der Waals surface area contributed by atoms with Crippen LogP contribution >= 0.6 is 22.6 Å². The van der Waals surface area contributed by atoms with Crippen molar-refractivity contribution in [2.75, 3.05) is 6.54 Å². The van der Waals surface area contributed by atoms with E-state index in [0.29, 0.717) is 5.41 Å². The van der Waals surface area contributed by atoms with E-state index in [-0.39, 0.29) is 0 Å². The van der Waals surface area contributed by atoms with Gasteiger partial charge < -0.3 is 5.73 Å². The summed E-state index contributed by atoms with van der Waals surface area (Å²) in [6, 6.07) is 0. The lowest BCUT2D eigenvalue weighted by atomic mass is 9.87. The molecule has 0 unspecified atom stereocenters. The average molecular weight is 321 g/mol. The standard InChI is InChI=1S/C11H20IN3/c1-11(2,9-13)5-3-4-6-15-8-10(12)7-14-15/h7-8H,3-6,9,13H2,1-2H3. The van der Waals surface area contributed by atoms with Crippen LogP contribution in [0, 0.1) is 8.99 Å². The van der Waals surface area contributed by atoms with Crippen molar-refractivity contribution in [3.05, 3.63) is 16.0 Å². The summed E-state index contributed by atoms with van der Waals surface area (Å²) in [7, 11) is 0. The number of nitrogens with two attached hydrogens (primary N) is 1. The first-order valence-corrected chi connectivity index (χ1v) is 6.49. The predicted molar refractivity (Wildman–Crippen MR) is 71.6 cm³/mol. The summed E-state index contributed by atoms with van der Waals surface area (Å²) >= 11 is 2.28. The third-order valence-electron chi connectivity index (χ3n) is 2.65. The third kappa shape index (κ3) is 4.97. The first kappa shape index (κ1) is 13.0. The van der Waals surface area contributed by atoms with Gasteiger partial charge in [-0.15, -0.1) is 0 Å². The molecule has 0 fully saturated rings. The number of hydrogen-bond donors (Lipinski definition) is 1. The Bertz CT molecular complexity index is 294. The molecule has 0 radical (unpaired) electrons. The van der Waals surface area contributed by atoms with Crippen molar-refractivity contribution in [1.82, 2.24) is 9.78 Å². The van der Waals surface area contributed by atoms with E-state index < -0.39 is 0 Å². The molecule has 0 aliphatic heterocycles. The van der Waals surface area contributed by atoms with Gasteiger partial charge in [0.1, 0.15) is 0 Å². The summed E-state index contributed by atoms with van der Waals surface area (Å²) in [5.41, 5.74) is 5.97. The zero-order chi connectivity index (χ0) is 11.3. The van der Waals surface area contributed by atoms with Crippen molar-refractivity contribution >= 4 is 22.6 Å². The summed E-state index contributed by atoms with van der Waals surface area (Å²) in [5.74, 6) is 0. The average Bonchev–Trinajstić information content (AvgIpc) is 2.59. The van der Waals surface area contributed by atoms with Gasteiger partial charge in [0.25, 0.3) is 0 Å². The second-order valence-electron chi connectivity index (χ2n) is 4.75. The van der Waals surface area contributed by atoms with E-state index in [1.165, 1.54) is 22.8 Å². The minimum atomic E-state index is 0.290. The van der Waals surface area contributed by atoms with Gasteiger partial charge in [-0.1, -0.05) is 20.3 Å². The summed E-state index contributed by atoms with van der Waals surface area (Å²) in [6.07, 6.45) is 7.57. The maximum absolute atomic E-state index is 5.68. The molecule has 1 aromatic heterocycles. The predicted octanol–water partition coefficient (Wildman–Crippen LogP) is 2.64. The maximum Gasteiger partial charge on any atom is 0.0623 e. The Kier molecular flexibility index (Phi) is 5.05. The number of hydrogen-bond acceptors (Lipinski definition) is 2. The van der Waals surface area contributed by atoms with E-state index >= 15 is 0 Å². The van der Waals surface area contributed by atoms with E-state index in [2.05, 4.69) is 47.7 Å². The van der Waals surface area contributed by atoms with Crippen LogP contribution in [-0.2, 0) is 6.54 Å². The van der Waals surface area contributed by atoms with Crippen molar-refractivity contribution < 1.29 is 0 Å². The number of halogens is 1. The lowest BCUT2D eigenvalue weighted by molar-refractivity contribution is 0.327. The Morgan fingerprint density at radius 1 is 1.47 bits per heavy atom. The highest BCUT2D eigenvalue weighted by Crippen LogP contribution is 2.21. The van der Waals surface area contributed by atoms with Crippen LogP contribution in [0.4, 0.5) is 0 Å². The van der Waals surface area contributed by atoms with Gasteiger partial charge >= 0.3 is 0 Å².